The summed E-state index contributed by atoms with van der Waals surface area (Å²) in [5.41, 5.74) is 1.27. The van der Waals surface area contributed by atoms with E-state index in [1.54, 1.807) is 0 Å². The molecule has 0 amide bonds. The molecule has 1 atom stereocenters. The lowest BCUT2D eigenvalue weighted by molar-refractivity contribution is 0.121. The lowest BCUT2D eigenvalue weighted by Crippen LogP contribution is -2.21. The molecule has 1 saturated carbocycles. The Bertz CT molecular complexity index is 369. The number of nitrogens with one attached hydrogen (secondary N) is 1. The van der Waals surface area contributed by atoms with Gasteiger partial charge in [0.25, 0.3) is 0 Å². The first-order chi connectivity index (χ1) is 8.66. The van der Waals surface area contributed by atoms with Crippen LogP contribution in [0.5, 0.6) is 0 Å². The molecule has 1 fully saturated rings. The van der Waals surface area contributed by atoms with E-state index in [1.165, 1.54) is 18.4 Å². The van der Waals surface area contributed by atoms with Crippen LogP contribution in [0.15, 0.2) is 10.5 Å². The molecule has 1 aromatic heterocycles. The quantitative estimate of drug-likeness (QED) is 0.719. The van der Waals surface area contributed by atoms with Crippen LogP contribution in [0.25, 0.3) is 0 Å². The van der Waals surface area contributed by atoms with Gasteiger partial charge in [0.15, 0.2) is 0 Å². The number of rotatable bonds is 8. The molecule has 1 aliphatic rings. The van der Waals surface area contributed by atoms with Gasteiger partial charge >= 0.3 is 0 Å². The maximum atomic E-state index is 5.61. The van der Waals surface area contributed by atoms with Gasteiger partial charge in [-0.3, -0.25) is 0 Å². The summed E-state index contributed by atoms with van der Waals surface area (Å²) in [7, 11) is 0. The zero-order valence-corrected chi connectivity index (χ0v) is 11.8. The normalized spacial score (nSPS) is 17.1. The maximum absolute atomic E-state index is 5.61. The molecular formula is C15H25NO2. The molecule has 0 bridgehead atoms. The van der Waals surface area contributed by atoms with Gasteiger partial charge in [-0.25, -0.2) is 0 Å². The second kappa shape index (κ2) is 6.39. The van der Waals surface area contributed by atoms with Gasteiger partial charge in [0.1, 0.15) is 11.5 Å². The van der Waals surface area contributed by atoms with Crippen molar-refractivity contribution in [1.29, 1.82) is 0 Å². The molecule has 3 heteroatoms. The highest BCUT2D eigenvalue weighted by Crippen LogP contribution is 2.28. The number of furan rings is 1. The van der Waals surface area contributed by atoms with Crippen LogP contribution in [-0.4, -0.2) is 19.8 Å². The Balaban J connectivity index is 1.58. The lowest BCUT2D eigenvalue weighted by Gasteiger charge is -2.13. The standard InChI is InChI=1S/C15H25NO2/c1-11-9-15(13(3)18-11)12(2)16-7-4-8-17-10-14-5-6-14/h9,12,14,16H,4-8,10H2,1-3H3. The highest BCUT2D eigenvalue weighted by Gasteiger charge is 2.20. The molecule has 0 spiro atoms. The van der Waals surface area contributed by atoms with Crippen LogP contribution in [-0.2, 0) is 4.74 Å². The van der Waals surface area contributed by atoms with Crippen molar-refractivity contribution in [3.05, 3.63) is 23.2 Å². The zero-order valence-electron chi connectivity index (χ0n) is 11.8. The fourth-order valence-electron chi connectivity index (χ4n) is 2.22. The highest BCUT2D eigenvalue weighted by molar-refractivity contribution is 5.23. The topological polar surface area (TPSA) is 34.4 Å². The maximum Gasteiger partial charge on any atom is 0.105 e. The molecule has 0 aromatic carbocycles. The van der Waals surface area contributed by atoms with E-state index < -0.39 is 0 Å². The lowest BCUT2D eigenvalue weighted by atomic mass is 10.1. The van der Waals surface area contributed by atoms with E-state index >= 15 is 0 Å². The monoisotopic (exact) mass is 251 g/mol. The van der Waals surface area contributed by atoms with Crippen molar-refractivity contribution in [1.82, 2.24) is 5.32 Å². The van der Waals surface area contributed by atoms with E-state index in [0.717, 1.165) is 43.6 Å². The first-order valence-electron chi connectivity index (χ1n) is 7.05. The van der Waals surface area contributed by atoms with Crippen molar-refractivity contribution in [2.24, 2.45) is 5.92 Å². The molecule has 1 aromatic rings. The Labute approximate surface area is 110 Å². The van der Waals surface area contributed by atoms with E-state index in [9.17, 15) is 0 Å². The summed E-state index contributed by atoms with van der Waals surface area (Å²) in [6.45, 7) is 9.04. The van der Waals surface area contributed by atoms with Crippen molar-refractivity contribution in [2.45, 2.75) is 46.1 Å². The van der Waals surface area contributed by atoms with Gasteiger partial charge < -0.3 is 14.5 Å². The van der Waals surface area contributed by atoms with Crippen LogP contribution in [0, 0.1) is 19.8 Å². The highest BCUT2D eigenvalue weighted by atomic mass is 16.5. The SMILES string of the molecule is Cc1cc(C(C)NCCCOCC2CC2)c(C)o1. The summed E-state index contributed by atoms with van der Waals surface area (Å²) in [5, 5.41) is 3.52. The molecule has 0 radical (unpaired) electrons. The van der Waals surface area contributed by atoms with Gasteiger partial charge in [-0.05, 0) is 58.6 Å². The summed E-state index contributed by atoms with van der Waals surface area (Å²) >= 11 is 0. The van der Waals surface area contributed by atoms with Crippen molar-refractivity contribution < 1.29 is 9.15 Å². The van der Waals surface area contributed by atoms with Crippen LogP contribution in [0.1, 0.15) is 49.3 Å². The van der Waals surface area contributed by atoms with Gasteiger partial charge in [-0.1, -0.05) is 0 Å². The Morgan fingerprint density at radius 2 is 2.22 bits per heavy atom. The van der Waals surface area contributed by atoms with E-state index in [2.05, 4.69) is 18.3 Å². The first kappa shape index (κ1) is 13.6. The summed E-state index contributed by atoms with van der Waals surface area (Å²) < 4.78 is 11.2. The Morgan fingerprint density at radius 3 is 2.83 bits per heavy atom. The first-order valence-corrected chi connectivity index (χ1v) is 7.05. The fourth-order valence-corrected chi connectivity index (χ4v) is 2.22. The summed E-state index contributed by atoms with van der Waals surface area (Å²) in [4.78, 5) is 0. The van der Waals surface area contributed by atoms with Crippen molar-refractivity contribution >= 4 is 0 Å². The van der Waals surface area contributed by atoms with E-state index in [0.29, 0.717) is 6.04 Å². The predicted molar refractivity (Wildman–Crippen MR) is 72.8 cm³/mol. The average Bonchev–Trinajstić information content (AvgIpc) is 3.08. The third-order valence-corrected chi connectivity index (χ3v) is 3.51. The number of aryl methyl sites for hydroxylation is 2. The van der Waals surface area contributed by atoms with E-state index in [-0.39, 0.29) is 0 Å². The molecule has 1 unspecified atom stereocenters. The Morgan fingerprint density at radius 1 is 1.44 bits per heavy atom. The minimum Gasteiger partial charge on any atom is -0.466 e. The number of ether oxygens (including phenoxy) is 1. The van der Waals surface area contributed by atoms with Crippen LogP contribution in [0.2, 0.25) is 0 Å². The van der Waals surface area contributed by atoms with Crippen molar-refractivity contribution in [2.75, 3.05) is 19.8 Å². The molecule has 0 aliphatic heterocycles. The second-order valence-corrected chi connectivity index (χ2v) is 5.42. The van der Waals surface area contributed by atoms with Crippen LogP contribution in [0.3, 0.4) is 0 Å². The van der Waals surface area contributed by atoms with Crippen LogP contribution < -0.4 is 5.32 Å². The molecule has 18 heavy (non-hydrogen) atoms. The predicted octanol–water partition coefficient (Wildman–Crippen LogP) is 3.36. The van der Waals surface area contributed by atoms with Crippen LogP contribution in [0.4, 0.5) is 0 Å². The molecular weight excluding hydrogens is 226 g/mol. The molecule has 1 aliphatic carbocycles. The minimum absolute atomic E-state index is 0.353. The molecule has 0 saturated heterocycles. The van der Waals surface area contributed by atoms with E-state index in [1.807, 2.05) is 13.8 Å². The molecule has 3 nitrogen and oxygen atoms in total. The third-order valence-electron chi connectivity index (χ3n) is 3.51. The molecule has 1 heterocycles. The summed E-state index contributed by atoms with van der Waals surface area (Å²) in [5.74, 6) is 2.88. The Kier molecular flexibility index (Phi) is 4.84. The average molecular weight is 251 g/mol. The molecule has 1 N–H and O–H groups in total. The number of hydrogen-bond acceptors (Lipinski definition) is 3. The fraction of sp³-hybridized carbons (Fsp3) is 0.733. The third kappa shape index (κ3) is 4.14. The van der Waals surface area contributed by atoms with Crippen molar-refractivity contribution in [3.8, 4) is 0 Å². The molecule has 102 valence electrons. The van der Waals surface area contributed by atoms with Gasteiger partial charge in [-0.15, -0.1) is 0 Å². The van der Waals surface area contributed by atoms with Gasteiger partial charge in [-0.2, -0.15) is 0 Å². The largest absolute Gasteiger partial charge is 0.466 e. The molecule has 2 rings (SSSR count). The Hall–Kier alpha value is -0.800. The van der Waals surface area contributed by atoms with Gasteiger partial charge in [0.05, 0.1) is 0 Å². The summed E-state index contributed by atoms with van der Waals surface area (Å²) in [6.07, 6.45) is 3.82. The van der Waals surface area contributed by atoms with Crippen molar-refractivity contribution in [3.63, 3.8) is 0 Å². The number of hydrogen-bond donors (Lipinski definition) is 1. The minimum atomic E-state index is 0.353. The van der Waals surface area contributed by atoms with E-state index in [4.69, 9.17) is 9.15 Å². The second-order valence-electron chi connectivity index (χ2n) is 5.42. The van der Waals surface area contributed by atoms with Crippen LogP contribution >= 0.6 is 0 Å². The smallest absolute Gasteiger partial charge is 0.105 e. The zero-order chi connectivity index (χ0) is 13.0. The van der Waals surface area contributed by atoms with Gasteiger partial charge in [0, 0.05) is 24.8 Å². The van der Waals surface area contributed by atoms with Gasteiger partial charge in [0.2, 0.25) is 0 Å². The summed E-state index contributed by atoms with van der Waals surface area (Å²) in [6, 6.07) is 2.47.